The monoisotopic (exact) mass is 296 g/mol. The number of aromatic nitrogens is 2. The van der Waals surface area contributed by atoms with Crippen molar-refractivity contribution in [3.63, 3.8) is 0 Å². The van der Waals surface area contributed by atoms with Gasteiger partial charge in [0, 0.05) is 32.2 Å². The van der Waals surface area contributed by atoms with Crippen LogP contribution in [-0.2, 0) is 16.1 Å². The highest BCUT2D eigenvalue weighted by Gasteiger charge is 2.05. The third kappa shape index (κ3) is 6.87. The van der Waals surface area contributed by atoms with Gasteiger partial charge in [-0.2, -0.15) is 0 Å². The lowest BCUT2D eigenvalue weighted by Crippen LogP contribution is -2.26. The fraction of sp³-hybridized carbons (Fsp3) is 0.615. The van der Waals surface area contributed by atoms with Crippen molar-refractivity contribution in [3.8, 4) is 0 Å². The number of nitrogens with one attached hydrogen (secondary N) is 3. The van der Waals surface area contributed by atoms with E-state index >= 15 is 0 Å². The molecule has 1 heterocycles. The Morgan fingerprint density at radius 2 is 2.05 bits per heavy atom. The molecule has 0 spiro atoms. The van der Waals surface area contributed by atoms with Crippen molar-refractivity contribution in [2.75, 3.05) is 30.4 Å². The van der Waals surface area contributed by atoms with E-state index in [1.807, 2.05) is 13.8 Å². The zero-order chi connectivity index (χ0) is 15.5. The summed E-state index contributed by atoms with van der Waals surface area (Å²) >= 11 is 0. The number of nitrogens with zero attached hydrogens (tertiary/aromatic N) is 2. The number of nitrogen functional groups attached to an aromatic ring is 1. The Morgan fingerprint density at radius 3 is 2.71 bits per heavy atom. The Kier molecular flexibility index (Phi) is 8.07. The topological polar surface area (TPSA) is 114 Å². The van der Waals surface area contributed by atoms with Crippen LogP contribution in [0.3, 0.4) is 0 Å². The number of hydrogen-bond acceptors (Lipinski definition) is 7. The van der Waals surface area contributed by atoms with Crippen LogP contribution in [0.2, 0.25) is 0 Å². The molecule has 0 atom stereocenters. The van der Waals surface area contributed by atoms with Crippen LogP contribution in [-0.4, -0.2) is 35.6 Å². The van der Waals surface area contributed by atoms with Crippen LogP contribution < -0.4 is 21.9 Å². The first-order chi connectivity index (χ1) is 10.2. The van der Waals surface area contributed by atoms with Gasteiger partial charge in [0.25, 0.3) is 0 Å². The second kappa shape index (κ2) is 9.89. The molecule has 8 heteroatoms. The lowest BCUT2D eigenvalue weighted by Gasteiger charge is -2.10. The minimum absolute atomic E-state index is 0.0186. The molecule has 1 amide bonds. The second-order valence-corrected chi connectivity index (χ2v) is 4.36. The van der Waals surface area contributed by atoms with Crippen molar-refractivity contribution in [3.05, 3.63) is 11.9 Å². The first kappa shape index (κ1) is 17.1. The number of amides is 1. The van der Waals surface area contributed by atoms with Crippen LogP contribution in [0.15, 0.2) is 6.07 Å². The van der Waals surface area contributed by atoms with Gasteiger partial charge in [-0.1, -0.05) is 6.92 Å². The van der Waals surface area contributed by atoms with Gasteiger partial charge in [0.2, 0.25) is 5.91 Å². The Hall–Kier alpha value is -1.93. The molecule has 0 aliphatic heterocycles. The minimum Gasteiger partial charge on any atom is -0.374 e. The lowest BCUT2D eigenvalue weighted by molar-refractivity contribution is -0.120. The van der Waals surface area contributed by atoms with Crippen molar-refractivity contribution < 1.29 is 9.53 Å². The van der Waals surface area contributed by atoms with Gasteiger partial charge >= 0.3 is 0 Å². The first-order valence-corrected chi connectivity index (χ1v) is 7.12. The highest BCUT2D eigenvalue weighted by Crippen LogP contribution is 2.11. The minimum atomic E-state index is 0.0186. The maximum atomic E-state index is 11.5. The van der Waals surface area contributed by atoms with Crippen LogP contribution in [0, 0.1) is 0 Å². The molecule has 21 heavy (non-hydrogen) atoms. The summed E-state index contributed by atoms with van der Waals surface area (Å²) in [4.78, 5) is 20.0. The highest BCUT2D eigenvalue weighted by atomic mass is 16.5. The summed E-state index contributed by atoms with van der Waals surface area (Å²) in [5.74, 6) is 7.03. The number of carbonyl (C=O) groups is 1. The molecule has 1 rings (SSSR count). The number of nitrogens with two attached hydrogens (primary N) is 1. The Balaban J connectivity index is 2.51. The van der Waals surface area contributed by atoms with E-state index in [2.05, 4.69) is 26.0 Å². The second-order valence-electron chi connectivity index (χ2n) is 4.36. The van der Waals surface area contributed by atoms with Crippen LogP contribution in [0.5, 0.6) is 0 Å². The normalized spacial score (nSPS) is 10.2. The van der Waals surface area contributed by atoms with Gasteiger partial charge in [-0.15, -0.1) is 0 Å². The Morgan fingerprint density at radius 1 is 1.29 bits per heavy atom. The summed E-state index contributed by atoms with van der Waals surface area (Å²) in [6.45, 7) is 6.01. The molecule has 0 bridgehead atoms. The smallest absolute Gasteiger partial charge is 0.221 e. The molecular weight excluding hydrogens is 272 g/mol. The summed E-state index contributed by atoms with van der Waals surface area (Å²) in [6, 6.07) is 1.68. The van der Waals surface area contributed by atoms with E-state index in [0.29, 0.717) is 50.2 Å². The van der Waals surface area contributed by atoms with Crippen molar-refractivity contribution in [2.45, 2.75) is 33.3 Å². The van der Waals surface area contributed by atoms with Gasteiger partial charge in [0.1, 0.15) is 18.2 Å². The average molecular weight is 296 g/mol. The van der Waals surface area contributed by atoms with Crippen molar-refractivity contribution >= 4 is 17.5 Å². The summed E-state index contributed by atoms with van der Waals surface area (Å²) < 4.78 is 5.28. The molecule has 0 unspecified atom stereocenters. The number of carbonyl (C=O) groups excluding carboxylic acids is 1. The van der Waals surface area contributed by atoms with Gasteiger partial charge in [-0.3, -0.25) is 4.79 Å². The molecule has 118 valence electrons. The molecule has 5 N–H and O–H groups in total. The van der Waals surface area contributed by atoms with Crippen molar-refractivity contribution in [1.82, 2.24) is 15.3 Å². The average Bonchev–Trinajstić information content (AvgIpc) is 2.50. The van der Waals surface area contributed by atoms with E-state index in [1.165, 1.54) is 0 Å². The van der Waals surface area contributed by atoms with Gasteiger partial charge in [0.15, 0.2) is 5.82 Å². The standard InChI is InChI=1S/C13H24N6O2/c1-3-6-16-13(20)5-7-15-10-8-11(19-14)18-12(17-10)9-21-4-2/h8H,3-7,9,14H2,1-2H3,(H,16,20)(H2,15,17,18,19). The van der Waals surface area contributed by atoms with E-state index in [9.17, 15) is 4.79 Å². The number of rotatable bonds is 10. The Bertz CT molecular complexity index is 441. The van der Waals surface area contributed by atoms with Gasteiger partial charge in [-0.05, 0) is 13.3 Å². The van der Waals surface area contributed by atoms with Crippen LogP contribution in [0.1, 0.15) is 32.5 Å². The van der Waals surface area contributed by atoms with Crippen LogP contribution >= 0.6 is 0 Å². The third-order valence-corrected chi connectivity index (χ3v) is 2.59. The fourth-order valence-corrected chi connectivity index (χ4v) is 1.58. The maximum Gasteiger partial charge on any atom is 0.221 e. The quantitative estimate of drug-likeness (QED) is 0.370. The highest BCUT2D eigenvalue weighted by molar-refractivity contribution is 5.76. The van der Waals surface area contributed by atoms with E-state index in [0.717, 1.165) is 6.42 Å². The predicted molar refractivity (Wildman–Crippen MR) is 81.6 cm³/mol. The zero-order valence-electron chi connectivity index (χ0n) is 12.6. The summed E-state index contributed by atoms with van der Waals surface area (Å²) in [5, 5.41) is 5.90. The fourth-order valence-electron chi connectivity index (χ4n) is 1.58. The van der Waals surface area contributed by atoms with E-state index in [4.69, 9.17) is 10.6 Å². The summed E-state index contributed by atoms with van der Waals surface area (Å²) in [5.41, 5.74) is 2.49. The molecule has 0 fully saturated rings. The molecule has 0 aliphatic carbocycles. The Labute approximate surface area is 124 Å². The number of hydrazine groups is 1. The van der Waals surface area contributed by atoms with Gasteiger partial charge in [-0.25, -0.2) is 15.8 Å². The number of hydrogen-bond donors (Lipinski definition) is 4. The predicted octanol–water partition coefficient (Wildman–Crippen LogP) is 0.627. The zero-order valence-corrected chi connectivity index (χ0v) is 12.6. The summed E-state index contributed by atoms with van der Waals surface area (Å²) in [7, 11) is 0. The van der Waals surface area contributed by atoms with Crippen molar-refractivity contribution in [1.29, 1.82) is 0 Å². The van der Waals surface area contributed by atoms with Crippen LogP contribution in [0.4, 0.5) is 11.6 Å². The third-order valence-electron chi connectivity index (χ3n) is 2.59. The molecule has 8 nitrogen and oxygen atoms in total. The SMILES string of the molecule is CCCNC(=O)CCNc1cc(NN)nc(COCC)n1. The van der Waals surface area contributed by atoms with Crippen LogP contribution in [0.25, 0.3) is 0 Å². The molecule has 1 aromatic heterocycles. The largest absolute Gasteiger partial charge is 0.374 e. The first-order valence-electron chi connectivity index (χ1n) is 7.12. The van der Waals surface area contributed by atoms with E-state index < -0.39 is 0 Å². The van der Waals surface area contributed by atoms with E-state index in [1.54, 1.807) is 6.07 Å². The molecule has 0 saturated carbocycles. The molecule has 0 radical (unpaired) electrons. The molecule has 0 aromatic carbocycles. The summed E-state index contributed by atoms with van der Waals surface area (Å²) in [6.07, 6.45) is 1.31. The molecule has 0 saturated heterocycles. The molecule has 1 aromatic rings. The molecule has 0 aliphatic rings. The number of ether oxygens (including phenoxy) is 1. The van der Waals surface area contributed by atoms with Gasteiger partial charge < -0.3 is 20.8 Å². The van der Waals surface area contributed by atoms with Gasteiger partial charge in [0.05, 0.1) is 0 Å². The van der Waals surface area contributed by atoms with Crippen molar-refractivity contribution in [2.24, 2.45) is 5.84 Å². The number of anilines is 2. The molecular formula is C13H24N6O2. The lowest BCUT2D eigenvalue weighted by atomic mass is 10.3. The maximum absolute atomic E-state index is 11.5. The van der Waals surface area contributed by atoms with E-state index in [-0.39, 0.29) is 5.91 Å².